The Morgan fingerprint density at radius 1 is 1.16 bits per heavy atom. The van der Waals surface area contributed by atoms with Crippen molar-refractivity contribution in [1.29, 1.82) is 0 Å². The highest BCUT2D eigenvalue weighted by Crippen LogP contribution is 2.30. The summed E-state index contributed by atoms with van der Waals surface area (Å²) in [7, 11) is 0. The molecule has 0 unspecified atom stereocenters. The predicted molar refractivity (Wildman–Crippen MR) is 94.5 cm³/mol. The van der Waals surface area contributed by atoms with Gasteiger partial charge in [0.15, 0.2) is 0 Å². The van der Waals surface area contributed by atoms with Crippen molar-refractivity contribution in [1.82, 2.24) is 15.1 Å². The molecule has 2 aliphatic heterocycles. The van der Waals surface area contributed by atoms with Crippen molar-refractivity contribution in [2.45, 2.75) is 38.3 Å². The molecule has 0 atom stereocenters. The molecule has 0 aromatic heterocycles. The summed E-state index contributed by atoms with van der Waals surface area (Å²) in [4.78, 5) is 40.1. The number of nitrogens with one attached hydrogen (secondary N) is 1. The van der Waals surface area contributed by atoms with Gasteiger partial charge in [-0.15, -0.1) is 0 Å². The Morgan fingerprint density at radius 2 is 1.80 bits per heavy atom. The van der Waals surface area contributed by atoms with Crippen LogP contribution in [-0.4, -0.2) is 52.3 Å². The topological polar surface area (TPSA) is 69.7 Å². The number of piperidine rings is 1. The monoisotopic (exact) mass is 341 g/mol. The van der Waals surface area contributed by atoms with Gasteiger partial charge in [0, 0.05) is 25.2 Å². The van der Waals surface area contributed by atoms with Gasteiger partial charge in [-0.3, -0.25) is 14.5 Å². The number of benzene rings is 1. The van der Waals surface area contributed by atoms with Crippen LogP contribution in [0.25, 0.3) is 6.08 Å². The van der Waals surface area contributed by atoms with Crippen LogP contribution < -0.4 is 5.32 Å². The largest absolute Gasteiger partial charge is 0.339 e. The molecule has 6 heteroatoms. The van der Waals surface area contributed by atoms with Gasteiger partial charge in [-0.2, -0.15) is 0 Å². The van der Waals surface area contributed by atoms with E-state index >= 15 is 0 Å². The van der Waals surface area contributed by atoms with E-state index in [1.54, 1.807) is 17.1 Å². The standard InChI is InChI=1S/C19H23N3O3/c1-14(2)22-17(24)19(20-18(22)25)10-12-21(13-11-19)16(23)9-8-15-6-4-3-5-7-15/h3-9,14H,10-13H2,1-2H3,(H,20,25)/b9-8+. The molecule has 2 aliphatic rings. The second-order valence-electron chi connectivity index (χ2n) is 6.85. The third-order valence-corrected chi connectivity index (χ3v) is 4.86. The van der Waals surface area contributed by atoms with Crippen LogP contribution in [0.3, 0.4) is 0 Å². The van der Waals surface area contributed by atoms with Crippen LogP contribution in [0.2, 0.25) is 0 Å². The molecule has 4 amide bonds. The van der Waals surface area contributed by atoms with Gasteiger partial charge in [0.2, 0.25) is 5.91 Å². The van der Waals surface area contributed by atoms with Crippen LogP contribution in [0.1, 0.15) is 32.3 Å². The molecule has 1 N–H and O–H groups in total. The fraction of sp³-hybridized carbons (Fsp3) is 0.421. The van der Waals surface area contributed by atoms with Crippen LogP contribution in [-0.2, 0) is 9.59 Å². The maximum atomic E-state index is 12.6. The molecule has 3 rings (SSSR count). The smallest absolute Gasteiger partial charge is 0.325 e. The molecule has 0 radical (unpaired) electrons. The lowest BCUT2D eigenvalue weighted by molar-refractivity contribution is -0.137. The molecule has 6 nitrogen and oxygen atoms in total. The molecular weight excluding hydrogens is 318 g/mol. The zero-order valence-electron chi connectivity index (χ0n) is 14.6. The average molecular weight is 341 g/mol. The summed E-state index contributed by atoms with van der Waals surface area (Å²) in [6, 6.07) is 9.14. The van der Waals surface area contributed by atoms with E-state index in [9.17, 15) is 14.4 Å². The summed E-state index contributed by atoms with van der Waals surface area (Å²) in [5.41, 5.74) is 0.122. The van der Waals surface area contributed by atoms with Crippen LogP contribution in [0.15, 0.2) is 36.4 Å². The summed E-state index contributed by atoms with van der Waals surface area (Å²) in [5.74, 6) is -0.240. The molecule has 2 saturated heterocycles. The highest BCUT2D eigenvalue weighted by Gasteiger charge is 2.53. The fourth-order valence-corrected chi connectivity index (χ4v) is 3.39. The number of imide groups is 1. The molecule has 1 aromatic carbocycles. The minimum absolute atomic E-state index is 0.0730. The first-order chi connectivity index (χ1) is 11.9. The van der Waals surface area contributed by atoms with Gasteiger partial charge in [0.05, 0.1) is 0 Å². The first kappa shape index (κ1) is 17.2. The van der Waals surface area contributed by atoms with Gasteiger partial charge in [-0.1, -0.05) is 30.3 Å². The third-order valence-electron chi connectivity index (χ3n) is 4.86. The van der Waals surface area contributed by atoms with Crippen LogP contribution in [0, 0.1) is 0 Å². The zero-order valence-corrected chi connectivity index (χ0v) is 14.6. The number of amides is 4. The lowest BCUT2D eigenvalue weighted by Gasteiger charge is -2.37. The molecule has 0 bridgehead atoms. The summed E-state index contributed by atoms with van der Waals surface area (Å²) < 4.78 is 0. The van der Waals surface area contributed by atoms with Crippen molar-refractivity contribution in [2.24, 2.45) is 0 Å². The lowest BCUT2D eigenvalue weighted by atomic mass is 9.87. The Kier molecular flexibility index (Phi) is 4.61. The summed E-state index contributed by atoms with van der Waals surface area (Å²) in [5, 5.41) is 2.85. The van der Waals surface area contributed by atoms with E-state index in [2.05, 4.69) is 5.32 Å². The molecule has 0 aliphatic carbocycles. The van der Waals surface area contributed by atoms with Crippen molar-refractivity contribution >= 4 is 23.9 Å². The number of carbonyl (C=O) groups is 3. The Balaban J connectivity index is 1.62. The highest BCUT2D eigenvalue weighted by molar-refractivity contribution is 6.07. The second-order valence-corrected chi connectivity index (χ2v) is 6.85. The second kappa shape index (κ2) is 6.70. The van der Waals surface area contributed by atoms with Gasteiger partial charge in [0.1, 0.15) is 5.54 Å². The molecular formula is C19H23N3O3. The van der Waals surface area contributed by atoms with Crippen molar-refractivity contribution < 1.29 is 14.4 Å². The number of urea groups is 1. The van der Waals surface area contributed by atoms with Crippen molar-refractivity contribution in [3.63, 3.8) is 0 Å². The molecule has 1 spiro atoms. The van der Waals surface area contributed by atoms with Crippen molar-refractivity contribution in [3.05, 3.63) is 42.0 Å². The summed E-state index contributed by atoms with van der Waals surface area (Å²) in [6.07, 6.45) is 4.25. The van der Waals surface area contributed by atoms with Crippen LogP contribution >= 0.6 is 0 Å². The van der Waals surface area contributed by atoms with E-state index in [-0.39, 0.29) is 23.9 Å². The molecule has 2 fully saturated rings. The zero-order chi connectivity index (χ0) is 18.0. The minimum atomic E-state index is -0.846. The molecule has 132 valence electrons. The Hall–Kier alpha value is -2.63. The van der Waals surface area contributed by atoms with Gasteiger partial charge < -0.3 is 10.2 Å². The Morgan fingerprint density at radius 3 is 2.36 bits per heavy atom. The molecule has 25 heavy (non-hydrogen) atoms. The van der Waals surface area contributed by atoms with E-state index in [0.717, 1.165) is 5.56 Å². The predicted octanol–water partition coefficient (Wildman–Crippen LogP) is 2.02. The van der Waals surface area contributed by atoms with E-state index in [4.69, 9.17) is 0 Å². The van der Waals surface area contributed by atoms with Crippen LogP contribution in [0.5, 0.6) is 0 Å². The number of nitrogens with zero attached hydrogens (tertiary/aromatic N) is 2. The van der Waals surface area contributed by atoms with Crippen LogP contribution in [0.4, 0.5) is 4.79 Å². The number of rotatable bonds is 3. The van der Waals surface area contributed by atoms with Crippen molar-refractivity contribution in [2.75, 3.05) is 13.1 Å². The maximum absolute atomic E-state index is 12.6. The number of hydrogen-bond donors (Lipinski definition) is 1. The van der Waals surface area contributed by atoms with E-state index in [1.165, 1.54) is 4.90 Å². The summed E-state index contributed by atoms with van der Waals surface area (Å²) in [6.45, 7) is 4.55. The normalized spacial score (nSPS) is 20.0. The SMILES string of the molecule is CC(C)N1C(=O)NC2(CCN(C(=O)/C=C/c3ccccc3)CC2)C1=O. The van der Waals surface area contributed by atoms with Gasteiger partial charge in [-0.05, 0) is 38.3 Å². The van der Waals surface area contributed by atoms with Gasteiger partial charge in [0.25, 0.3) is 5.91 Å². The molecule has 0 saturated carbocycles. The number of hydrogen-bond acceptors (Lipinski definition) is 3. The Bertz CT molecular complexity index is 704. The Labute approximate surface area is 147 Å². The maximum Gasteiger partial charge on any atom is 0.325 e. The highest BCUT2D eigenvalue weighted by atomic mass is 16.2. The first-order valence-electron chi connectivity index (χ1n) is 8.61. The van der Waals surface area contributed by atoms with E-state index in [1.807, 2.05) is 44.2 Å². The van der Waals surface area contributed by atoms with E-state index < -0.39 is 5.54 Å². The first-order valence-corrected chi connectivity index (χ1v) is 8.61. The average Bonchev–Trinajstić information content (AvgIpc) is 2.84. The third kappa shape index (κ3) is 3.29. The fourth-order valence-electron chi connectivity index (χ4n) is 3.39. The molecule has 2 heterocycles. The number of carbonyl (C=O) groups excluding carboxylic acids is 3. The quantitative estimate of drug-likeness (QED) is 0.675. The van der Waals surface area contributed by atoms with Gasteiger partial charge >= 0.3 is 6.03 Å². The van der Waals surface area contributed by atoms with Gasteiger partial charge in [-0.25, -0.2) is 4.79 Å². The molecule has 1 aromatic rings. The lowest BCUT2D eigenvalue weighted by Crippen LogP contribution is -2.55. The van der Waals surface area contributed by atoms with E-state index in [0.29, 0.717) is 25.9 Å². The summed E-state index contributed by atoms with van der Waals surface area (Å²) >= 11 is 0. The number of likely N-dealkylation sites (tertiary alicyclic amines) is 1. The van der Waals surface area contributed by atoms with Crippen molar-refractivity contribution in [3.8, 4) is 0 Å². The minimum Gasteiger partial charge on any atom is -0.339 e.